The summed E-state index contributed by atoms with van der Waals surface area (Å²) in [5.41, 5.74) is 1.21. The first kappa shape index (κ1) is 32.0. The molecule has 2 atom stereocenters. The fourth-order valence-electron chi connectivity index (χ4n) is 2.08. The summed E-state index contributed by atoms with van der Waals surface area (Å²) in [7, 11) is 0. The molecule has 12 nitrogen and oxygen atoms in total. The number of aromatic nitrogens is 4. The van der Waals surface area contributed by atoms with Crippen LogP contribution in [0.4, 0.5) is 0 Å². The van der Waals surface area contributed by atoms with Gasteiger partial charge in [-0.1, -0.05) is 13.2 Å². The molecule has 0 spiro atoms. The van der Waals surface area contributed by atoms with Gasteiger partial charge in [0.05, 0.1) is 36.7 Å². The molecular formula is C18H20N6Na2O6. The van der Waals surface area contributed by atoms with Crippen LogP contribution in [-0.4, -0.2) is 55.8 Å². The summed E-state index contributed by atoms with van der Waals surface area (Å²) in [6.07, 6.45) is 8.02. The maximum atomic E-state index is 10.9. The maximum absolute atomic E-state index is 10.9. The van der Waals surface area contributed by atoms with Gasteiger partial charge < -0.3 is 40.4 Å². The van der Waals surface area contributed by atoms with E-state index in [0.29, 0.717) is 11.4 Å². The second kappa shape index (κ2) is 17.3. The Bertz CT molecular complexity index is 800. The van der Waals surface area contributed by atoms with Crippen molar-refractivity contribution < 1.29 is 88.5 Å². The van der Waals surface area contributed by atoms with Crippen LogP contribution >= 0.6 is 0 Å². The number of imidazole rings is 2. The van der Waals surface area contributed by atoms with Gasteiger partial charge in [-0.25, -0.2) is 9.97 Å². The van der Waals surface area contributed by atoms with Crippen LogP contribution in [-0.2, 0) is 32.0 Å². The summed E-state index contributed by atoms with van der Waals surface area (Å²) in [6, 6.07) is -2.17. The van der Waals surface area contributed by atoms with Gasteiger partial charge in [0, 0.05) is 36.6 Å². The molecule has 0 aliphatic carbocycles. The number of carbonyl (C=O) groups excluding carboxylic acids is 4. The van der Waals surface area contributed by atoms with Crippen LogP contribution in [0, 0.1) is 0 Å². The van der Waals surface area contributed by atoms with Crippen LogP contribution in [0.1, 0.15) is 11.4 Å². The topological polar surface area (TPSA) is 196 Å². The molecular weight excluding hydrogens is 442 g/mol. The number of hydrogen-bond donors (Lipinski definition) is 4. The first-order chi connectivity index (χ1) is 14.3. The molecule has 0 unspecified atom stereocenters. The second-order valence-corrected chi connectivity index (χ2v) is 5.73. The van der Waals surface area contributed by atoms with Crippen LogP contribution in [0.3, 0.4) is 0 Å². The third-order valence-corrected chi connectivity index (χ3v) is 3.53. The first-order valence-corrected chi connectivity index (χ1v) is 8.48. The van der Waals surface area contributed by atoms with Crippen LogP contribution in [0.15, 0.2) is 50.4 Å². The van der Waals surface area contributed by atoms with Crippen molar-refractivity contribution in [3.63, 3.8) is 0 Å². The minimum absolute atomic E-state index is 0. The summed E-state index contributed by atoms with van der Waals surface area (Å²) < 4.78 is 0. The molecule has 0 bridgehead atoms. The Balaban J connectivity index is 0. The van der Waals surface area contributed by atoms with E-state index in [0.717, 1.165) is 12.2 Å². The van der Waals surface area contributed by atoms with Crippen molar-refractivity contribution in [3.05, 3.63) is 61.7 Å². The predicted molar refractivity (Wildman–Crippen MR) is 98.9 cm³/mol. The van der Waals surface area contributed by atoms with Crippen molar-refractivity contribution in [1.29, 1.82) is 0 Å². The van der Waals surface area contributed by atoms with Gasteiger partial charge in [0.15, 0.2) is 0 Å². The largest absolute Gasteiger partial charge is 1.00 e. The third-order valence-electron chi connectivity index (χ3n) is 3.53. The zero-order chi connectivity index (χ0) is 22.5. The fourth-order valence-corrected chi connectivity index (χ4v) is 2.08. The van der Waals surface area contributed by atoms with Gasteiger partial charge in [0.25, 0.3) is 0 Å². The zero-order valence-corrected chi connectivity index (χ0v) is 21.8. The number of nitrogens with one attached hydrogen (secondary N) is 4. The summed E-state index contributed by atoms with van der Waals surface area (Å²) in [5, 5.41) is 25.8. The van der Waals surface area contributed by atoms with Crippen LogP contribution in [0.25, 0.3) is 0 Å². The number of nitrogens with zero attached hydrogens (tertiary/aromatic N) is 2. The Morgan fingerprint density at radius 2 is 1.19 bits per heavy atom. The molecule has 0 saturated heterocycles. The van der Waals surface area contributed by atoms with E-state index in [-0.39, 0.29) is 72.0 Å². The van der Waals surface area contributed by atoms with E-state index in [1.807, 2.05) is 0 Å². The van der Waals surface area contributed by atoms with E-state index in [2.05, 4.69) is 43.7 Å². The average molecular weight is 462 g/mol. The molecule has 4 N–H and O–H groups in total. The van der Waals surface area contributed by atoms with Gasteiger partial charge in [-0.05, 0) is 12.2 Å². The van der Waals surface area contributed by atoms with Crippen LogP contribution in [0.5, 0.6) is 0 Å². The van der Waals surface area contributed by atoms with Gasteiger partial charge in [-0.15, -0.1) is 0 Å². The molecule has 0 aliphatic rings. The van der Waals surface area contributed by atoms with Gasteiger partial charge in [0.1, 0.15) is 0 Å². The SMILES string of the molecule is C=CC(=O)N[C@@H](Cc1cnc[nH]1)C(=O)[O-].C=CC(=O)N[C@@H](Cc1cnc[nH]1)C(=O)[O-].[Na+].[Na+]. The van der Waals surface area contributed by atoms with Crippen molar-refractivity contribution in [1.82, 2.24) is 30.6 Å². The molecule has 0 aliphatic heterocycles. The van der Waals surface area contributed by atoms with E-state index in [1.54, 1.807) is 0 Å². The van der Waals surface area contributed by atoms with Gasteiger partial charge in [0.2, 0.25) is 11.8 Å². The van der Waals surface area contributed by atoms with Crippen LogP contribution in [0.2, 0.25) is 0 Å². The molecule has 0 fully saturated rings. The number of rotatable bonds is 10. The van der Waals surface area contributed by atoms with Crippen molar-refractivity contribution in [2.45, 2.75) is 24.9 Å². The molecule has 14 heteroatoms. The Morgan fingerprint density at radius 1 is 0.844 bits per heavy atom. The average Bonchev–Trinajstić information content (AvgIpc) is 3.41. The van der Waals surface area contributed by atoms with E-state index in [4.69, 9.17) is 0 Å². The molecule has 2 amide bonds. The van der Waals surface area contributed by atoms with Crippen LogP contribution < -0.4 is 80.0 Å². The number of amides is 2. The first-order valence-electron chi connectivity index (χ1n) is 8.48. The van der Waals surface area contributed by atoms with E-state index in [9.17, 15) is 29.4 Å². The number of aromatic amines is 2. The minimum Gasteiger partial charge on any atom is -0.548 e. The van der Waals surface area contributed by atoms with E-state index in [1.165, 1.54) is 25.0 Å². The summed E-state index contributed by atoms with van der Waals surface area (Å²) in [4.78, 5) is 56.1. The van der Waals surface area contributed by atoms with Crippen molar-refractivity contribution in [2.24, 2.45) is 0 Å². The van der Waals surface area contributed by atoms with Gasteiger partial charge in [-0.2, -0.15) is 0 Å². The quantitative estimate of drug-likeness (QED) is 0.197. The standard InChI is InChI=1S/2C9H11N3O3.2Na/c2*1-2-8(13)12-7(9(14)15)3-6-4-10-5-11-6;;/h2*2,4-5,7H,1,3H2,(H,10,11)(H,12,13)(H,14,15);;/q;;2*+1/p-2/t2*7-;;/m00../s1. The third kappa shape index (κ3) is 12.6. The van der Waals surface area contributed by atoms with E-state index >= 15 is 0 Å². The Morgan fingerprint density at radius 3 is 1.41 bits per heavy atom. The predicted octanol–water partition coefficient (Wildman–Crippen LogP) is -9.25. The Hall–Kier alpha value is -2.22. The zero-order valence-electron chi connectivity index (χ0n) is 17.8. The second-order valence-electron chi connectivity index (χ2n) is 5.73. The smallest absolute Gasteiger partial charge is 0.548 e. The number of carboxylic acid groups (broad SMARTS) is 2. The molecule has 0 radical (unpaired) electrons. The maximum Gasteiger partial charge on any atom is 1.00 e. The Labute approximate surface area is 228 Å². The number of aliphatic carboxylic acids is 2. The summed E-state index contributed by atoms with van der Waals surface area (Å²) in [6.45, 7) is 6.45. The molecule has 2 rings (SSSR count). The minimum atomic E-state index is -1.35. The molecule has 0 saturated carbocycles. The van der Waals surface area contributed by atoms with Crippen molar-refractivity contribution in [2.75, 3.05) is 0 Å². The molecule has 2 heterocycles. The van der Waals surface area contributed by atoms with Crippen molar-refractivity contribution >= 4 is 23.8 Å². The fraction of sp³-hybridized carbons (Fsp3) is 0.222. The number of hydrogen-bond acceptors (Lipinski definition) is 8. The molecule has 160 valence electrons. The number of carbonyl (C=O) groups is 4. The van der Waals surface area contributed by atoms with Gasteiger partial charge in [-0.3, -0.25) is 9.59 Å². The monoisotopic (exact) mass is 462 g/mol. The number of carboxylic acids is 2. The summed E-state index contributed by atoms with van der Waals surface area (Å²) >= 11 is 0. The molecule has 2 aromatic heterocycles. The van der Waals surface area contributed by atoms with Crippen molar-refractivity contribution in [3.8, 4) is 0 Å². The van der Waals surface area contributed by atoms with E-state index < -0.39 is 35.8 Å². The summed E-state index contributed by atoms with van der Waals surface area (Å²) in [5.74, 6) is -3.80. The number of H-pyrrole nitrogens is 2. The normalized spacial score (nSPS) is 11.0. The molecule has 2 aromatic rings. The molecule has 0 aromatic carbocycles. The molecule has 32 heavy (non-hydrogen) atoms. The van der Waals surface area contributed by atoms with Gasteiger partial charge >= 0.3 is 59.1 Å². The Kier molecular flexibility index (Phi) is 17.3.